The molecule has 2 atom stereocenters. The van der Waals surface area contributed by atoms with Crippen molar-refractivity contribution in [3.05, 3.63) is 35.1 Å². The van der Waals surface area contributed by atoms with Crippen molar-refractivity contribution in [2.24, 2.45) is 5.73 Å². The minimum Gasteiger partial charge on any atom is -0.337 e. The smallest absolute Gasteiger partial charge is 0.224 e. The van der Waals surface area contributed by atoms with Crippen molar-refractivity contribution in [3.8, 4) is 0 Å². The van der Waals surface area contributed by atoms with Crippen LogP contribution in [-0.4, -0.2) is 23.9 Å². The average molecular weight is 222 g/mol. The summed E-state index contributed by atoms with van der Waals surface area (Å²) in [6.07, 6.45) is 0.359. The Morgan fingerprint density at radius 2 is 2.19 bits per heavy atom. The van der Waals surface area contributed by atoms with Crippen LogP contribution in [0.25, 0.3) is 0 Å². The highest BCUT2D eigenvalue weighted by Crippen LogP contribution is 2.31. The molecular formula is C12H15FN2O. The molecule has 1 saturated heterocycles. The molecule has 1 aliphatic heterocycles. The van der Waals surface area contributed by atoms with E-state index in [1.165, 1.54) is 6.07 Å². The number of rotatable bonds is 1. The molecule has 1 heterocycles. The van der Waals surface area contributed by atoms with Gasteiger partial charge in [0.1, 0.15) is 5.82 Å². The first-order valence-electron chi connectivity index (χ1n) is 5.28. The molecule has 2 unspecified atom stereocenters. The first-order valence-corrected chi connectivity index (χ1v) is 5.28. The summed E-state index contributed by atoms with van der Waals surface area (Å²) in [6, 6.07) is 4.54. The second-order valence-electron chi connectivity index (χ2n) is 4.33. The minimum atomic E-state index is -0.232. The number of benzene rings is 1. The van der Waals surface area contributed by atoms with Crippen LogP contribution in [0.1, 0.15) is 23.6 Å². The summed E-state index contributed by atoms with van der Waals surface area (Å²) in [5, 5.41) is 0. The van der Waals surface area contributed by atoms with Gasteiger partial charge in [-0.25, -0.2) is 4.39 Å². The average Bonchev–Trinajstić information content (AvgIpc) is 2.47. The van der Waals surface area contributed by atoms with E-state index in [9.17, 15) is 9.18 Å². The summed E-state index contributed by atoms with van der Waals surface area (Å²) in [5.74, 6) is -0.191. The fraction of sp³-hybridized carbons (Fsp3) is 0.417. The first-order chi connectivity index (χ1) is 7.50. The van der Waals surface area contributed by atoms with E-state index in [1.54, 1.807) is 31.0 Å². The zero-order valence-electron chi connectivity index (χ0n) is 9.40. The van der Waals surface area contributed by atoms with Crippen LogP contribution in [0.4, 0.5) is 4.39 Å². The van der Waals surface area contributed by atoms with E-state index in [4.69, 9.17) is 5.73 Å². The highest BCUT2D eigenvalue weighted by atomic mass is 19.1. The second-order valence-corrected chi connectivity index (χ2v) is 4.33. The molecule has 1 aromatic rings. The number of nitrogens with two attached hydrogens (primary N) is 1. The maximum Gasteiger partial charge on any atom is 0.224 e. The van der Waals surface area contributed by atoms with Crippen molar-refractivity contribution in [2.45, 2.75) is 25.4 Å². The molecule has 1 amide bonds. The molecule has 1 aliphatic rings. The number of carbonyl (C=O) groups excluding carboxylic acids is 1. The third-order valence-electron chi connectivity index (χ3n) is 3.15. The first kappa shape index (κ1) is 11.1. The SMILES string of the molecule is Cc1cc(C2C(N)CC(=O)N2C)ccc1F. The Labute approximate surface area is 94.0 Å². The van der Waals surface area contributed by atoms with Gasteiger partial charge in [-0.3, -0.25) is 4.79 Å². The third kappa shape index (κ3) is 1.69. The monoisotopic (exact) mass is 222 g/mol. The number of hydrogen-bond acceptors (Lipinski definition) is 2. The van der Waals surface area contributed by atoms with Crippen molar-refractivity contribution >= 4 is 5.91 Å². The number of hydrogen-bond donors (Lipinski definition) is 1. The van der Waals surface area contributed by atoms with Crippen molar-refractivity contribution < 1.29 is 9.18 Å². The summed E-state index contributed by atoms with van der Waals surface area (Å²) in [7, 11) is 1.73. The van der Waals surface area contributed by atoms with Gasteiger partial charge < -0.3 is 10.6 Å². The lowest BCUT2D eigenvalue weighted by molar-refractivity contribution is -0.127. The maximum atomic E-state index is 13.1. The van der Waals surface area contributed by atoms with Gasteiger partial charge >= 0.3 is 0 Å². The number of likely N-dealkylation sites (N-methyl/N-ethyl adjacent to an activating group) is 1. The number of amides is 1. The van der Waals surface area contributed by atoms with Gasteiger partial charge in [-0.15, -0.1) is 0 Å². The van der Waals surface area contributed by atoms with Gasteiger partial charge in [0, 0.05) is 19.5 Å². The van der Waals surface area contributed by atoms with Gasteiger partial charge in [0.05, 0.1) is 6.04 Å². The Kier molecular flexibility index (Phi) is 2.68. The standard InChI is InChI=1S/C12H15FN2O/c1-7-5-8(3-4-9(7)13)12-10(14)6-11(16)15(12)2/h3-5,10,12H,6,14H2,1-2H3. The lowest BCUT2D eigenvalue weighted by Gasteiger charge is -2.23. The number of carbonyl (C=O) groups is 1. The fourth-order valence-corrected chi connectivity index (χ4v) is 2.22. The zero-order valence-corrected chi connectivity index (χ0v) is 9.40. The van der Waals surface area contributed by atoms with Gasteiger partial charge in [0.2, 0.25) is 5.91 Å². The molecule has 86 valence electrons. The molecule has 0 radical (unpaired) electrons. The fourth-order valence-electron chi connectivity index (χ4n) is 2.22. The highest BCUT2D eigenvalue weighted by molar-refractivity contribution is 5.80. The van der Waals surface area contributed by atoms with E-state index in [0.29, 0.717) is 12.0 Å². The summed E-state index contributed by atoms with van der Waals surface area (Å²) in [4.78, 5) is 13.1. The number of nitrogens with zero attached hydrogens (tertiary/aromatic N) is 1. The molecule has 0 saturated carbocycles. The van der Waals surface area contributed by atoms with Gasteiger partial charge in [-0.05, 0) is 24.1 Å². The molecule has 1 fully saturated rings. The van der Waals surface area contributed by atoms with E-state index in [2.05, 4.69) is 0 Å². The predicted octanol–water partition coefficient (Wildman–Crippen LogP) is 1.36. The largest absolute Gasteiger partial charge is 0.337 e. The molecule has 0 spiro atoms. The topological polar surface area (TPSA) is 46.3 Å². The van der Waals surface area contributed by atoms with Crippen LogP contribution in [0.3, 0.4) is 0 Å². The number of likely N-dealkylation sites (tertiary alicyclic amines) is 1. The molecule has 0 aromatic heterocycles. The Morgan fingerprint density at radius 1 is 1.50 bits per heavy atom. The van der Waals surface area contributed by atoms with Crippen molar-refractivity contribution in [1.82, 2.24) is 4.90 Å². The molecule has 1 aromatic carbocycles. The lowest BCUT2D eigenvalue weighted by Crippen LogP contribution is -2.30. The van der Waals surface area contributed by atoms with Gasteiger partial charge in [-0.1, -0.05) is 12.1 Å². The van der Waals surface area contributed by atoms with E-state index in [-0.39, 0.29) is 23.8 Å². The van der Waals surface area contributed by atoms with E-state index < -0.39 is 0 Å². The molecular weight excluding hydrogens is 207 g/mol. The van der Waals surface area contributed by atoms with E-state index >= 15 is 0 Å². The molecule has 3 nitrogen and oxygen atoms in total. The highest BCUT2D eigenvalue weighted by Gasteiger charge is 2.36. The Morgan fingerprint density at radius 3 is 2.69 bits per heavy atom. The number of aryl methyl sites for hydroxylation is 1. The summed E-state index contributed by atoms with van der Waals surface area (Å²) < 4.78 is 13.1. The lowest BCUT2D eigenvalue weighted by atomic mass is 9.99. The summed E-state index contributed by atoms with van der Waals surface area (Å²) in [5.41, 5.74) is 7.41. The van der Waals surface area contributed by atoms with E-state index in [1.807, 2.05) is 0 Å². The molecule has 4 heteroatoms. The predicted molar refractivity (Wildman–Crippen MR) is 59.2 cm³/mol. The van der Waals surface area contributed by atoms with Crippen molar-refractivity contribution in [1.29, 1.82) is 0 Å². The molecule has 0 bridgehead atoms. The van der Waals surface area contributed by atoms with Crippen LogP contribution in [0.5, 0.6) is 0 Å². The zero-order chi connectivity index (χ0) is 11.9. The Balaban J connectivity index is 2.37. The number of halogens is 1. The van der Waals surface area contributed by atoms with Gasteiger partial charge in [0.15, 0.2) is 0 Å². The van der Waals surface area contributed by atoms with Gasteiger partial charge in [0.25, 0.3) is 0 Å². The van der Waals surface area contributed by atoms with Crippen molar-refractivity contribution in [3.63, 3.8) is 0 Å². The van der Waals surface area contributed by atoms with Crippen LogP contribution in [0.2, 0.25) is 0 Å². The van der Waals surface area contributed by atoms with Crippen LogP contribution in [0, 0.1) is 12.7 Å². The second kappa shape index (κ2) is 3.87. The molecule has 2 N–H and O–H groups in total. The summed E-state index contributed by atoms with van der Waals surface area (Å²) in [6.45, 7) is 1.71. The minimum absolute atomic E-state index is 0.0412. The Hall–Kier alpha value is -1.42. The molecule has 2 rings (SSSR count). The quantitative estimate of drug-likeness (QED) is 0.780. The van der Waals surface area contributed by atoms with Crippen molar-refractivity contribution in [2.75, 3.05) is 7.05 Å². The summed E-state index contributed by atoms with van der Waals surface area (Å²) >= 11 is 0. The van der Waals surface area contributed by atoms with Gasteiger partial charge in [-0.2, -0.15) is 0 Å². The van der Waals surface area contributed by atoms with Crippen LogP contribution in [-0.2, 0) is 4.79 Å². The molecule has 16 heavy (non-hydrogen) atoms. The van der Waals surface area contributed by atoms with Crippen LogP contribution >= 0.6 is 0 Å². The Bertz CT molecular complexity index is 433. The van der Waals surface area contributed by atoms with Crippen LogP contribution < -0.4 is 5.73 Å². The normalized spacial score (nSPS) is 25.2. The third-order valence-corrected chi connectivity index (χ3v) is 3.15. The van der Waals surface area contributed by atoms with E-state index in [0.717, 1.165) is 5.56 Å². The molecule has 0 aliphatic carbocycles. The maximum absolute atomic E-state index is 13.1. The van der Waals surface area contributed by atoms with Crippen LogP contribution in [0.15, 0.2) is 18.2 Å².